The van der Waals surface area contributed by atoms with Crippen molar-refractivity contribution in [3.8, 4) is 0 Å². The molecule has 0 aliphatic heterocycles. The molecule has 0 aromatic rings. The van der Waals surface area contributed by atoms with E-state index in [0.29, 0.717) is 11.8 Å². The second-order valence-electron chi connectivity index (χ2n) is 4.79. The zero-order chi connectivity index (χ0) is 11.1. The lowest BCUT2D eigenvalue weighted by Crippen LogP contribution is -2.33. The van der Waals surface area contributed by atoms with Gasteiger partial charge in [-0.1, -0.05) is 41.0 Å². The number of amides is 1. The Morgan fingerprint density at radius 2 is 1.79 bits per heavy atom. The van der Waals surface area contributed by atoms with Crippen LogP contribution in [0.5, 0.6) is 0 Å². The Morgan fingerprint density at radius 1 is 1.21 bits per heavy atom. The second kappa shape index (κ2) is 6.86. The van der Waals surface area contributed by atoms with Crippen LogP contribution in [0.2, 0.25) is 0 Å². The predicted octanol–water partition coefficient (Wildman–Crippen LogP) is 2.83. The third-order valence-electron chi connectivity index (χ3n) is 2.59. The van der Waals surface area contributed by atoms with Gasteiger partial charge in [0, 0.05) is 12.5 Å². The monoisotopic (exact) mass is 199 g/mol. The topological polar surface area (TPSA) is 29.1 Å². The fourth-order valence-electron chi connectivity index (χ4n) is 1.41. The Hall–Kier alpha value is -0.530. The number of hydrogen-bond donors (Lipinski definition) is 1. The first-order valence-corrected chi connectivity index (χ1v) is 5.75. The van der Waals surface area contributed by atoms with Gasteiger partial charge in [0.1, 0.15) is 0 Å². The first-order valence-electron chi connectivity index (χ1n) is 5.75. The summed E-state index contributed by atoms with van der Waals surface area (Å²) >= 11 is 0. The van der Waals surface area contributed by atoms with E-state index >= 15 is 0 Å². The van der Waals surface area contributed by atoms with Crippen LogP contribution < -0.4 is 5.32 Å². The quantitative estimate of drug-likeness (QED) is 0.700. The Morgan fingerprint density at radius 3 is 2.21 bits per heavy atom. The third-order valence-corrected chi connectivity index (χ3v) is 2.59. The molecule has 2 nitrogen and oxygen atoms in total. The smallest absolute Gasteiger partial charge is 0.222 e. The molecule has 0 aromatic carbocycles. The minimum atomic E-state index is 0.152. The average Bonchev–Trinajstić information content (AvgIpc) is 2.12. The molecule has 0 spiro atoms. The van der Waals surface area contributed by atoms with Crippen LogP contribution >= 0.6 is 0 Å². The summed E-state index contributed by atoms with van der Waals surface area (Å²) < 4.78 is 0. The van der Waals surface area contributed by atoms with Gasteiger partial charge in [-0.05, 0) is 18.3 Å². The summed E-state index contributed by atoms with van der Waals surface area (Å²) in [5.41, 5.74) is 0. The van der Waals surface area contributed by atoms with Gasteiger partial charge in [0.2, 0.25) is 5.91 Å². The number of carbonyl (C=O) groups excluding carboxylic acids is 1. The van der Waals surface area contributed by atoms with E-state index in [1.54, 1.807) is 0 Å². The van der Waals surface area contributed by atoms with Crippen molar-refractivity contribution in [1.29, 1.82) is 0 Å². The van der Waals surface area contributed by atoms with Crippen LogP contribution in [-0.2, 0) is 4.79 Å². The first kappa shape index (κ1) is 13.5. The van der Waals surface area contributed by atoms with Crippen LogP contribution in [0.4, 0.5) is 0 Å². The van der Waals surface area contributed by atoms with E-state index in [2.05, 4.69) is 33.0 Å². The maximum atomic E-state index is 11.6. The molecular formula is C12H25NO. The van der Waals surface area contributed by atoms with Crippen LogP contribution in [-0.4, -0.2) is 12.5 Å². The summed E-state index contributed by atoms with van der Waals surface area (Å²) in [7, 11) is 0. The number of hydrogen-bond acceptors (Lipinski definition) is 1. The van der Waals surface area contributed by atoms with E-state index in [-0.39, 0.29) is 11.8 Å². The minimum absolute atomic E-state index is 0.152. The van der Waals surface area contributed by atoms with E-state index in [1.807, 2.05) is 6.92 Å². The molecule has 0 rings (SSSR count). The zero-order valence-corrected chi connectivity index (χ0v) is 10.3. The molecule has 2 unspecified atom stereocenters. The minimum Gasteiger partial charge on any atom is -0.356 e. The maximum Gasteiger partial charge on any atom is 0.222 e. The highest BCUT2D eigenvalue weighted by Crippen LogP contribution is 2.10. The molecule has 14 heavy (non-hydrogen) atoms. The summed E-state index contributed by atoms with van der Waals surface area (Å²) in [6.07, 6.45) is 2.10. The molecule has 0 fully saturated rings. The highest BCUT2D eigenvalue weighted by atomic mass is 16.1. The van der Waals surface area contributed by atoms with E-state index in [1.165, 1.54) is 0 Å². The Balaban J connectivity index is 3.73. The van der Waals surface area contributed by atoms with Crippen molar-refractivity contribution < 1.29 is 4.79 Å². The summed E-state index contributed by atoms with van der Waals surface area (Å²) in [6, 6.07) is 0. The summed E-state index contributed by atoms with van der Waals surface area (Å²) in [5, 5.41) is 3.00. The molecular weight excluding hydrogens is 174 g/mol. The van der Waals surface area contributed by atoms with Crippen LogP contribution in [0.3, 0.4) is 0 Å². The molecule has 0 saturated heterocycles. The lowest BCUT2D eigenvalue weighted by molar-refractivity contribution is -0.125. The van der Waals surface area contributed by atoms with Crippen molar-refractivity contribution in [3.63, 3.8) is 0 Å². The fourth-order valence-corrected chi connectivity index (χ4v) is 1.41. The number of nitrogens with one attached hydrogen (secondary N) is 1. The zero-order valence-electron chi connectivity index (χ0n) is 10.3. The molecule has 0 bridgehead atoms. The van der Waals surface area contributed by atoms with E-state index < -0.39 is 0 Å². The summed E-state index contributed by atoms with van der Waals surface area (Å²) in [5.74, 6) is 1.54. The molecule has 2 heteroatoms. The first-order chi connectivity index (χ1) is 6.47. The van der Waals surface area contributed by atoms with E-state index in [9.17, 15) is 4.79 Å². The Kier molecular flexibility index (Phi) is 6.60. The van der Waals surface area contributed by atoms with Crippen molar-refractivity contribution in [2.75, 3.05) is 6.54 Å². The molecule has 2 atom stereocenters. The Labute approximate surface area is 88.5 Å². The molecule has 1 amide bonds. The molecule has 0 aromatic heterocycles. The number of rotatable bonds is 6. The van der Waals surface area contributed by atoms with Crippen molar-refractivity contribution in [1.82, 2.24) is 5.32 Å². The van der Waals surface area contributed by atoms with Gasteiger partial charge in [0.25, 0.3) is 0 Å². The predicted molar refractivity (Wildman–Crippen MR) is 61.1 cm³/mol. The van der Waals surface area contributed by atoms with Gasteiger partial charge in [0.05, 0.1) is 0 Å². The van der Waals surface area contributed by atoms with Crippen molar-refractivity contribution in [3.05, 3.63) is 0 Å². The number of carbonyl (C=O) groups is 1. The van der Waals surface area contributed by atoms with E-state index in [0.717, 1.165) is 19.4 Å². The van der Waals surface area contributed by atoms with Crippen LogP contribution in [0.1, 0.15) is 47.5 Å². The normalized spacial score (nSPS) is 15.3. The molecule has 0 aliphatic carbocycles. The summed E-state index contributed by atoms with van der Waals surface area (Å²) in [6.45, 7) is 11.4. The highest BCUT2D eigenvalue weighted by molar-refractivity contribution is 5.78. The van der Waals surface area contributed by atoms with Gasteiger partial charge >= 0.3 is 0 Å². The van der Waals surface area contributed by atoms with Crippen molar-refractivity contribution in [2.24, 2.45) is 17.8 Å². The molecule has 0 saturated carbocycles. The molecule has 0 heterocycles. The molecule has 0 aliphatic rings. The van der Waals surface area contributed by atoms with Crippen LogP contribution in [0.15, 0.2) is 0 Å². The average molecular weight is 199 g/mol. The lowest BCUT2D eigenvalue weighted by Gasteiger charge is -2.16. The van der Waals surface area contributed by atoms with Gasteiger partial charge in [-0.15, -0.1) is 0 Å². The molecule has 1 N–H and O–H groups in total. The van der Waals surface area contributed by atoms with Gasteiger partial charge in [0.15, 0.2) is 0 Å². The largest absolute Gasteiger partial charge is 0.356 e. The van der Waals surface area contributed by atoms with Crippen molar-refractivity contribution >= 4 is 5.91 Å². The SMILES string of the molecule is CCC(C)CNC(=O)C(C)CC(C)C. The third kappa shape index (κ3) is 6.01. The van der Waals surface area contributed by atoms with Gasteiger partial charge in [-0.25, -0.2) is 0 Å². The fraction of sp³-hybridized carbons (Fsp3) is 0.917. The van der Waals surface area contributed by atoms with Gasteiger partial charge in [-0.3, -0.25) is 4.79 Å². The Bertz CT molecular complexity index is 166. The highest BCUT2D eigenvalue weighted by Gasteiger charge is 2.14. The second-order valence-corrected chi connectivity index (χ2v) is 4.79. The van der Waals surface area contributed by atoms with Gasteiger partial charge < -0.3 is 5.32 Å². The maximum absolute atomic E-state index is 11.6. The van der Waals surface area contributed by atoms with Crippen molar-refractivity contribution in [2.45, 2.75) is 47.5 Å². The van der Waals surface area contributed by atoms with Gasteiger partial charge in [-0.2, -0.15) is 0 Å². The van der Waals surface area contributed by atoms with Crippen LogP contribution in [0, 0.1) is 17.8 Å². The molecule has 84 valence electrons. The lowest BCUT2D eigenvalue weighted by atomic mass is 9.98. The van der Waals surface area contributed by atoms with Crippen LogP contribution in [0.25, 0.3) is 0 Å². The molecule has 0 radical (unpaired) electrons. The summed E-state index contributed by atoms with van der Waals surface area (Å²) in [4.78, 5) is 11.6. The standard InChI is InChI=1S/C12H25NO/c1-6-10(4)8-13-12(14)11(5)7-9(2)3/h9-11H,6-8H2,1-5H3,(H,13,14). The van der Waals surface area contributed by atoms with E-state index in [4.69, 9.17) is 0 Å².